The molecular formula is C26H24N4O4. The third-order valence-electron chi connectivity index (χ3n) is 6.44. The van der Waals surface area contributed by atoms with E-state index in [0.29, 0.717) is 11.3 Å². The maximum absolute atomic E-state index is 13.3. The quantitative estimate of drug-likeness (QED) is 0.470. The number of anilines is 4. The summed E-state index contributed by atoms with van der Waals surface area (Å²) in [5, 5.41) is 6.28. The van der Waals surface area contributed by atoms with E-state index in [1.807, 2.05) is 13.0 Å². The van der Waals surface area contributed by atoms with Gasteiger partial charge in [-0.2, -0.15) is 0 Å². The van der Waals surface area contributed by atoms with Crippen molar-refractivity contribution < 1.29 is 4.79 Å². The molecule has 2 heterocycles. The van der Waals surface area contributed by atoms with Gasteiger partial charge in [0.2, 0.25) is 0 Å². The lowest BCUT2D eigenvalue weighted by Crippen LogP contribution is -2.39. The third-order valence-corrected chi connectivity index (χ3v) is 6.44. The second kappa shape index (κ2) is 8.30. The molecule has 8 nitrogen and oxygen atoms in total. The number of hydrogen-bond donors (Lipinski definition) is 3. The van der Waals surface area contributed by atoms with Crippen LogP contribution in [0.1, 0.15) is 42.6 Å². The van der Waals surface area contributed by atoms with E-state index in [1.165, 1.54) is 22.2 Å². The predicted octanol–water partition coefficient (Wildman–Crippen LogP) is 3.34. The molecule has 5 rings (SSSR count). The van der Waals surface area contributed by atoms with Crippen LogP contribution in [0.15, 0.2) is 74.2 Å². The summed E-state index contributed by atoms with van der Waals surface area (Å²) < 4.78 is 0. The van der Waals surface area contributed by atoms with Gasteiger partial charge in [0.15, 0.2) is 0 Å². The molecule has 2 aliphatic rings. The molecule has 3 N–H and O–H groups in total. The average Bonchev–Trinajstić information content (AvgIpc) is 3.42. The summed E-state index contributed by atoms with van der Waals surface area (Å²) in [4.78, 5) is 54.3. The van der Waals surface area contributed by atoms with Gasteiger partial charge in [-0.3, -0.25) is 24.1 Å². The minimum Gasteiger partial charge on any atom is -0.373 e. The second-order valence-corrected chi connectivity index (χ2v) is 8.69. The summed E-state index contributed by atoms with van der Waals surface area (Å²) in [5.41, 5.74) is 3.06. The predicted molar refractivity (Wildman–Crippen MR) is 133 cm³/mol. The van der Waals surface area contributed by atoms with Crippen LogP contribution in [0.2, 0.25) is 0 Å². The number of nitrogens with zero attached hydrogens (tertiary/aromatic N) is 1. The minimum absolute atomic E-state index is 0.0685. The van der Waals surface area contributed by atoms with Crippen LogP contribution in [0.4, 0.5) is 22.7 Å². The highest BCUT2D eigenvalue weighted by Gasteiger charge is 2.33. The maximum atomic E-state index is 13.3. The van der Waals surface area contributed by atoms with Crippen molar-refractivity contribution in [2.45, 2.75) is 39.3 Å². The van der Waals surface area contributed by atoms with Gasteiger partial charge in [-0.25, -0.2) is 0 Å². The van der Waals surface area contributed by atoms with Gasteiger partial charge >= 0.3 is 0 Å². The number of H-pyrrole nitrogens is 1. The Morgan fingerprint density at radius 3 is 2.53 bits per heavy atom. The molecule has 1 aromatic heterocycles. The molecule has 0 radical (unpaired) electrons. The molecule has 1 amide bonds. The number of aromatic amines is 1. The number of carbonyl (C=O) groups excluding carboxylic acids is 1. The molecule has 0 spiro atoms. The number of aromatic nitrogens is 1. The Morgan fingerprint density at radius 1 is 1.03 bits per heavy atom. The number of benzene rings is 1. The van der Waals surface area contributed by atoms with Crippen molar-refractivity contribution >= 4 is 28.7 Å². The van der Waals surface area contributed by atoms with Gasteiger partial charge in [0.05, 0.1) is 17.8 Å². The summed E-state index contributed by atoms with van der Waals surface area (Å²) in [6, 6.07) is 8.47. The summed E-state index contributed by atoms with van der Waals surface area (Å²) in [6.45, 7) is 4.32. The van der Waals surface area contributed by atoms with E-state index in [0.717, 1.165) is 18.4 Å². The first-order chi connectivity index (χ1) is 16.4. The second-order valence-electron chi connectivity index (χ2n) is 8.69. The van der Waals surface area contributed by atoms with Gasteiger partial charge in [-0.1, -0.05) is 36.8 Å². The number of nitrogens with one attached hydrogen (secondary N) is 3. The SMILES string of the molecule is CC[C@@H](Nc1c(Nc2cccc3c2C(=O)N(c2ccc[nH]c2=O)C3)c(=O)c1=O)C1=CC=C(C)C1. The molecule has 0 unspecified atom stereocenters. The van der Waals surface area contributed by atoms with Crippen LogP contribution in [0.5, 0.6) is 0 Å². The molecule has 8 heteroatoms. The fraction of sp³-hybridized carbons (Fsp3) is 0.231. The topological polar surface area (TPSA) is 111 Å². The third kappa shape index (κ3) is 3.48. The van der Waals surface area contributed by atoms with E-state index in [2.05, 4.69) is 34.7 Å². The molecule has 0 saturated heterocycles. The van der Waals surface area contributed by atoms with Crippen molar-refractivity contribution in [3.8, 4) is 0 Å². The van der Waals surface area contributed by atoms with Crippen molar-refractivity contribution in [1.82, 2.24) is 4.98 Å². The standard InChI is InChI=1S/C26H24N4O4/c1-3-17(15-10-9-14(2)12-15)28-21-22(24(32)23(21)31)29-18-7-4-6-16-13-30(26(34)20(16)18)19-8-5-11-27-25(19)33/h4-11,17,28-29H,3,12-13H2,1-2H3,(H,27,33)/t17-/m1/s1. The monoisotopic (exact) mass is 456 g/mol. The van der Waals surface area contributed by atoms with Crippen LogP contribution in [0, 0.1) is 0 Å². The van der Waals surface area contributed by atoms with Crippen LogP contribution < -0.4 is 32.0 Å². The van der Waals surface area contributed by atoms with Crippen LogP contribution in [-0.4, -0.2) is 16.9 Å². The van der Waals surface area contributed by atoms with Crippen molar-refractivity contribution in [3.63, 3.8) is 0 Å². The fourth-order valence-electron chi connectivity index (χ4n) is 4.63. The largest absolute Gasteiger partial charge is 0.373 e. The molecule has 0 bridgehead atoms. The van der Waals surface area contributed by atoms with Gasteiger partial charge in [-0.05, 0) is 49.1 Å². The minimum atomic E-state index is -0.619. The number of rotatable bonds is 7. The highest BCUT2D eigenvalue weighted by atomic mass is 16.2. The number of carbonyl (C=O) groups is 1. The highest BCUT2D eigenvalue weighted by Crippen LogP contribution is 2.34. The maximum Gasteiger partial charge on any atom is 0.271 e. The fourth-order valence-corrected chi connectivity index (χ4v) is 4.63. The first-order valence-electron chi connectivity index (χ1n) is 11.2. The first kappa shape index (κ1) is 21.6. The zero-order valence-corrected chi connectivity index (χ0v) is 18.9. The van der Waals surface area contributed by atoms with Gasteiger partial charge in [-0.15, -0.1) is 0 Å². The van der Waals surface area contributed by atoms with Crippen LogP contribution in [-0.2, 0) is 6.54 Å². The Hall–Kier alpha value is -4.20. The molecule has 172 valence electrons. The summed E-state index contributed by atoms with van der Waals surface area (Å²) in [7, 11) is 0. The van der Waals surface area contributed by atoms with E-state index in [9.17, 15) is 19.2 Å². The number of allylic oxidation sites excluding steroid dienone is 3. The molecule has 1 aliphatic carbocycles. The van der Waals surface area contributed by atoms with Gasteiger partial charge in [0.25, 0.3) is 22.3 Å². The summed E-state index contributed by atoms with van der Waals surface area (Å²) >= 11 is 0. The van der Waals surface area contributed by atoms with Crippen molar-refractivity contribution in [1.29, 1.82) is 0 Å². The van der Waals surface area contributed by atoms with Gasteiger partial charge < -0.3 is 15.6 Å². The Bertz CT molecular complexity index is 1500. The van der Waals surface area contributed by atoms with E-state index in [-0.39, 0.29) is 41.1 Å². The Balaban J connectivity index is 1.44. The zero-order valence-electron chi connectivity index (χ0n) is 18.9. The molecule has 3 aromatic rings. The first-order valence-corrected chi connectivity index (χ1v) is 11.2. The molecule has 34 heavy (non-hydrogen) atoms. The number of hydrogen-bond acceptors (Lipinski definition) is 6. The molecule has 0 saturated carbocycles. The lowest BCUT2D eigenvalue weighted by Gasteiger charge is -2.23. The van der Waals surface area contributed by atoms with Gasteiger partial charge in [0, 0.05) is 12.2 Å². The average molecular weight is 457 g/mol. The Labute approximate surface area is 195 Å². The number of pyridine rings is 1. The van der Waals surface area contributed by atoms with E-state index in [1.54, 1.807) is 24.3 Å². The van der Waals surface area contributed by atoms with Gasteiger partial charge in [0.1, 0.15) is 17.1 Å². The Morgan fingerprint density at radius 2 is 1.82 bits per heavy atom. The Kier molecular flexibility index (Phi) is 5.28. The molecule has 1 atom stereocenters. The molecule has 1 aliphatic heterocycles. The molecular weight excluding hydrogens is 432 g/mol. The van der Waals surface area contributed by atoms with E-state index < -0.39 is 10.9 Å². The zero-order chi connectivity index (χ0) is 24.0. The van der Waals surface area contributed by atoms with Crippen molar-refractivity contribution in [2.75, 3.05) is 15.5 Å². The van der Waals surface area contributed by atoms with Crippen molar-refractivity contribution in [2.24, 2.45) is 0 Å². The summed E-state index contributed by atoms with van der Waals surface area (Å²) in [5.74, 6) is -0.341. The number of amides is 1. The molecule has 2 aromatic carbocycles. The van der Waals surface area contributed by atoms with Crippen LogP contribution in [0.3, 0.4) is 0 Å². The highest BCUT2D eigenvalue weighted by molar-refractivity contribution is 6.14. The number of fused-ring (bicyclic) bond motifs is 1. The molecule has 0 fully saturated rings. The van der Waals surface area contributed by atoms with E-state index in [4.69, 9.17) is 0 Å². The lowest BCUT2D eigenvalue weighted by atomic mass is 10.0. The van der Waals surface area contributed by atoms with Crippen LogP contribution in [0.25, 0.3) is 0 Å². The lowest BCUT2D eigenvalue weighted by molar-refractivity contribution is 0.0997. The summed E-state index contributed by atoms with van der Waals surface area (Å²) in [6.07, 6.45) is 7.21. The van der Waals surface area contributed by atoms with E-state index >= 15 is 0 Å². The smallest absolute Gasteiger partial charge is 0.271 e. The van der Waals surface area contributed by atoms with Crippen molar-refractivity contribution in [3.05, 3.63) is 102 Å². The van der Waals surface area contributed by atoms with Crippen LogP contribution >= 0.6 is 0 Å². The normalized spacial score (nSPS) is 15.8.